The van der Waals surface area contributed by atoms with Crippen LogP contribution in [0.2, 0.25) is 0 Å². The van der Waals surface area contributed by atoms with Gasteiger partial charge in [0, 0.05) is 18.2 Å². The minimum Gasteiger partial charge on any atom is -0.497 e. The van der Waals surface area contributed by atoms with E-state index in [1.54, 1.807) is 19.2 Å². The molecule has 21 heavy (non-hydrogen) atoms. The largest absolute Gasteiger partial charge is 0.497 e. The molecule has 0 spiro atoms. The van der Waals surface area contributed by atoms with Gasteiger partial charge in [0.15, 0.2) is 0 Å². The third-order valence-corrected chi connectivity index (χ3v) is 4.20. The van der Waals surface area contributed by atoms with E-state index in [1.165, 1.54) is 12.8 Å². The van der Waals surface area contributed by atoms with Gasteiger partial charge in [-0.1, -0.05) is 13.8 Å². The van der Waals surface area contributed by atoms with E-state index >= 15 is 0 Å². The van der Waals surface area contributed by atoms with Crippen molar-refractivity contribution < 1.29 is 9.53 Å². The van der Waals surface area contributed by atoms with Gasteiger partial charge in [-0.15, -0.1) is 0 Å². The summed E-state index contributed by atoms with van der Waals surface area (Å²) >= 11 is 0. The molecule has 1 aliphatic heterocycles. The third kappa shape index (κ3) is 4.21. The molecule has 1 aliphatic rings. The number of ether oxygens (including phenoxy) is 1. The van der Waals surface area contributed by atoms with Crippen molar-refractivity contribution in [2.75, 3.05) is 26.7 Å². The van der Waals surface area contributed by atoms with Gasteiger partial charge in [-0.2, -0.15) is 0 Å². The summed E-state index contributed by atoms with van der Waals surface area (Å²) in [5.74, 6) is 1.30. The van der Waals surface area contributed by atoms with Crippen molar-refractivity contribution in [2.45, 2.75) is 32.7 Å². The lowest BCUT2D eigenvalue weighted by Crippen LogP contribution is -2.45. The van der Waals surface area contributed by atoms with Crippen LogP contribution >= 0.6 is 0 Å². The van der Waals surface area contributed by atoms with E-state index in [0.717, 1.165) is 18.8 Å². The Hall–Kier alpha value is -1.55. The van der Waals surface area contributed by atoms with Gasteiger partial charge in [0.05, 0.1) is 7.11 Å². The summed E-state index contributed by atoms with van der Waals surface area (Å²) in [6, 6.07) is 7.66. The molecule has 0 aromatic heterocycles. The highest BCUT2D eigenvalue weighted by atomic mass is 16.5. The number of hydrogen-bond donors (Lipinski definition) is 1. The molecule has 4 nitrogen and oxygen atoms in total. The average molecular weight is 290 g/mol. The number of amides is 1. The second kappa shape index (κ2) is 7.46. The Kier molecular flexibility index (Phi) is 5.62. The summed E-state index contributed by atoms with van der Waals surface area (Å²) in [6.07, 6.45) is 2.55. The van der Waals surface area contributed by atoms with Crippen LogP contribution in [0, 0.1) is 5.92 Å². The molecule has 1 aromatic rings. The molecule has 2 rings (SSSR count). The van der Waals surface area contributed by atoms with Gasteiger partial charge < -0.3 is 10.1 Å². The summed E-state index contributed by atoms with van der Waals surface area (Å²) in [5, 5.41) is 3.07. The summed E-state index contributed by atoms with van der Waals surface area (Å²) in [7, 11) is 1.62. The average Bonchev–Trinajstić information content (AvgIpc) is 3.01. The van der Waals surface area contributed by atoms with Gasteiger partial charge in [-0.05, 0) is 56.1 Å². The van der Waals surface area contributed by atoms with E-state index in [4.69, 9.17) is 4.74 Å². The van der Waals surface area contributed by atoms with Crippen LogP contribution in [0.3, 0.4) is 0 Å². The lowest BCUT2D eigenvalue weighted by molar-refractivity contribution is 0.0927. The molecule has 0 bridgehead atoms. The molecule has 0 radical (unpaired) electrons. The monoisotopic (exact) mass is 290 g/mol. The third-order valence-electron chi connectivity index (χ3n) is 4.20. The maximum Gasteiger partial charge on any atom is 0.251 e. The van der Waals surface area contributed by atoms with Crippen molar-refractivity contribution in [3.8, 4) is 5.75 Å². The van der Waals surface area contributed by atoms with Crippen molar-refractivity contribution in [1.82, 2.24) is 10.2 Å². The Balaban J connectivity index is 1.91. The molecule has 1 saturated heterocycles. The SMILES string of the molecule is COc1ccc(C(=O)NCC(C(C)C)N2CCCC2)cc1. The fraction of sp³-hybridized carbons (Fsp3) is 0.588. The number of likely N-dealkylation sites (tertiary alicyclic amines) is 1. The lowest BCUT2D eigenvalue weighted by atomic mass is 10.0. The Morgan fingerprint density at radius 2 is 1.86 bits per heavy atom. The van der Waals surface area contributed by atoms with E-state index in [9.17, 15) is 4.79 Å². The van der Waals surface area contributed by atoms with Gasteiger partial charge in [0.25, 0.3) is 5.91 Å². The molecule has 1 amide bonds. The zero-order chi connectivity index (χ0) is 15.2. The van der Waals surface area contributed by atoms with Crippen LogP contribution in [-0.2, 0) is 0 Å². The van der Waals surface area contributed by atoms with Crippen LogP contribution in [0.25, 0.3) is 0 Å². The Morgan fingerprint density at radius 3 is 2.38 bits per heavy atom. The van der Waals surface area contributed by atoms with Gasteiger partial charge in [-0.25, -0.2) is 0 Å². The fourth-order valence-electron chi connectivity index (χ4n) is 2.90. The quantitative estimate of drug-likeness (QED) is 0.875. The first kappa shape index (κ1) is 15.8. The molecule has 1 atom stereocenters. The van der Waals surface area contributed by atoms with Gasteiger partial charge in [0.1, 0.15) is 5.75 Å². The first-order valence-corrected chi connectivity index (χ1v) is 7.78. The lowest BCUT2D eigenvalue weighted by Gasteiger charge is -2.31. The highest BCUT2D eigenvalue weighted by Crippen LogP contribution is 2.17. The Bertz CT molecular complexity index is 450. The Labute approximate surface area is 127 Å². The molecule has 1 aromatic carbocycles. The fourth-order valence-corrected chi connectivity index (χ4v) is 2.90. The number of methoxy groups -OCH3 is 1. The minimum atomic E-state index is -0.0116. The predicted molar refractivity (Wildman–Crippen MR) is 84.8 cm³/mol. The summed E-state index contributed by atoms with van der Waals surface area (Å²) in [5.41, 5.74) is 0.680. The van der Waals surface area contributed by atoms with Crippen molar-refractivity contribution in [2.24, 2.45) is 5.92 Å². The van der Waals surface area contributed by atoms with Crippen LogP contribution in [0.1, 0.15) is 37.0 Å². The van der Waals surface area contributed by atoms with E-state index in [1.807, 2.05) is 12.1 Å². The highest BCUT2D eigenvalue weighted by molar-refractivity contribution is 5.94. The molecule has 1 N–H and O–H groups in total. The number of hydrogen-bond acceptors (Lipinski definition) is 3. The topological polar surface area (TPSA) is 41.6 Å². The first-order chi connectivity index (χ1) is 10.1. The van der Waals surface area contributed by atoms with Crippen molar-refractivity contribution in [1.29, 1.82) is 0 Å². The summed E-state index contributed by atoms with van der Waals surface area (Å²) < 4.78 is 5.11. The van der Waals surface area contributed by atoms with Crippen LogP contribution in [0.15, 0.2) is 24.3 Å². The van der Waals surface area contributed by atoms with E-state index in [2.05, 4.69) is 24.1 Å². The normalized spacial score (nSPS) is 17.0. The van der Waals surface area contributed by atoms with Crippen LogP contribution < -0.4 is 10.1 Å². The zero-order valence-corrected chi connectivity index (χ0v) is 13.3. The number of nitrogens with one attached hydrogen (secondary N) is 1. The number of carbonyl (C=O) groups excluding carboxylic acids is 1. The summed E-state index contributed by atoms with van der Waals surface area (Å²) in [6.45, 7) is 7.47. The van der Waals surface area contributed by atoms with E-state index in [0.29, 0.717) is 24.1 Å². The van der Waals surface area contributed by atoms with Gasteiger partial charge in [0.2, 0.25) is 0 Å². The summed E-state index contributed by atoms with van der Waals surface area (Å²) in [4.78, 5) is 14.7. The van der Waals surface area contributed by atoms with E-state index in [-0.39, 0.29) is 5.91 Å². The van der Waals surface area contributed by atoms with Crippen LogP contribution in [-0.4, -0.2) is 43.6 Å². The first-order valence-electron chi connectivity index (χ1n) is 7.78. The Morgan fingerprint density at radius 1 is 1.24 bits per heavy atom. The molecule has 1 unspecified atom stereocenters. The minimum absolute atomic E-state index is 0.0116. The molecule has 1 heterocycles. The molecule has 116 valence electrons. The molecule has 4 heteroatoms. The van der Waals surface area contributed by atoms with Crippen molar-refractivity contribution in [3.63, 3.8) is 0 Å². The molecular weight excluding hydrogens is 264 g/mol. The maximum atomic E-state index is 12.2. The van der Waals surface area contributed by atoms with Gasteiger partial charge in [-0.3, -0.25) is 9.69 Å². The molecule has 0 saturated carbocycles. The number of nitrogens with zero attached hydrogens (tertiary/aromatic N) is 1. The second-order valence-corrected chi connectivity index (χ2v) is 5.99. The molecule has 0 aliphatic carbocycles. The van der Waals surface area contributed by atoms with Crippen LogP contribution in [0.4, 0.5) is 0 Å². The zero-order valence-electron chi connectivity index (χ0n) is 13.3. The molecule has 1 fully saturated rings. The predicted octanol–water partition coefficient (Wildman–Crippen LogP) is 2.55. The standard InChI is InChI=1S/C17H26N2O2/c1-13(2)16(19-10-4-5-11-19)12-18-17(20)14-6-8-15(21-3)9-7-14/h6-9,13,16H,4-5,10-12H2,1-3H3,(H,18,20). The smallest absolute Gasteiger partial charge is 0.251 e. The highest BCUT2D eigenvalue weighted by Gasteiger charge is 2.24. The van der Waals surface area contributed by atoms with Crippen molar-refractivity contribution >= 4 is 5.91 Å². The number of benzene rings is 1. The molecular formula is C17H26N2O2. The van der Waals surface area contributed by atoms with E-state index < -0.39 is 0 Å². The number of rotatable bonds is 6. The van der Waals surface area contributed by atoms with Gasteiger partial charge >= 0.3 is 0 Å². The van der Waals surface area contributed by atoms with Crippen LogP contribution in [0.5, 0.6) is 5.75 Å². The number of carbonyl (C=O) groups is 1. The maximum absolute atomic E-state index is 12.2. The van der Waals surface area contributed by atoms with Crippen molar-refractivity contribution in [3.05, 3.63) is 29.8 Å². The second-order valence-electron chi connectivity index (χ2n) is 5.99.